The number of hydrogen-bond donors (Lipinski definition) is 3. The van der Waals surface area contributed by atoms with Gasteiger partial charge in [0.15, 0.2) is 0 Å². The number of hydrogen-bond acceptors (Lipinski definition) is 5. The summed E-state index contributed by atoms with van der Waals surface area (Å²) in [6.45, 7) is 2.55. The molecule has 8 heteroatoms. The molecule has 0 bridgehead atoms. The smallest absolute Gasteiger partial charge is 0.308 e. The van der Waals surface area contributed by atoms with Crippen LogP contribution in [0.15, 0.2) is 42.5 Å². The molecule has 32 heavy (non-hydrogen) atoms. The van der Waals surface area contributed by atoms with E-state index in [-0.39, 0.29) is 22.2 Å². The highest BCUT2D eigenvalue weighted by molar-refractivity contribution is 6.34. The monoisotopic (exact) mass is 457 g/mol. The van der Waals surface area contributed by atoms with Gasteiger partial charge >= 0.3 is 5.97 Å². The van der Waals surface area contributed by atoms with E-state index in [9.17, 15) is 14.4 Å². The Kier molecular flexibility index (Phi) is 8.25. The van der Waals surface area contributed by atoms with Crippen LogP contribution in [0.5, 0.6) is 5.75 Å². The number of esters is 1. The number of para-hydroxylation sites is 1. The molecule has 1 fully saturated rings. The number of nitrogens with two attached hydrogens (primary N) is 1. The number of halogens is 1. The van der Waals surface area contributed by atoms with Gasteiger partial charge in [0.1, 0.15) is 5.75 Å². The molecule has 2 amide bonds. The van der Waals surface area contributed by atoms with Crippen LogP contribution < -0.4 is 21.1 Å². The summed E-state index contributed by atoms with van der Waals surface area (Å²) in [5.74, 6) is -0.0987. The first-order chi connectivity index (χ1) is 15.4. The summed E-state index contributed by atoms with van der Waals surface area (Å²) in [5.41, 5.74) is 6.77. The largest absolute Gasteiger partial charge is 0.426 e. The number of carbonyl (C=O) groups excluding carboxylic acids is 3. The van der Waals surface area contributed by atoms with Crippen molar-refractivity contribution in [1.29, 1.82) is 0 Å². The lowest BCUT2D eigenvalue weighted by atomic mass is 9.81. The lowest BCUT2D eigenvalue weighted by molar-refractivity contribution is -0.131. The van der Waals surface area contributed by atoms with Crippen molar-refractivity contribution in [3.8, 4) is 5.75 Å². The summed E-state index contributed by atoms with van der Waals surface area (Å²) >= 11 is 6.32. The van der Waals surface area contributed by atoms with Gasteiger partial charge in [-0.3, -0.25) is 14.4 Å². The molecule has 0 aliphatic heterocycles. The van der Waals surface area contributed by atoms with Crippen molar-refractivity contribution in [1.82, 2.24) is 5.32 Å². The van der Waals surface area contributed by atoms with E-state index in [0.29, 0.717) is 36.2 Å². The van der Waals surface area contributed by atoms with Gasteiger partial charge < -0.3 is 21.1 Å². The molecular weight excluding hydrogens is 430 g/mol. The molecule has 0 aromatic heterocycles. The maximum Gasteiger partial charge on any atom is 0.308 e. The molecular formula is C24H28ClN3O4. The predicted molar refractivity (Wildman–Crippen MR) is 124 cm³/mol. The minimum atomic E-state index is -0.518. The lowest BCUT2D eigenvalue weighted by Crippen LogP contribution is -2.33. The zero-order chi connectivity index (χ0) is 23.1. The molecule has 2 atom stereocenters. The molecule has 3 rings (SSSR count). The molecule has 2 aromatic rings. The number of carbonyl (C=O) groups is 3. The van der Waals surface area contributed by atoms with Gasteiger partial charge in [0.25, 0.3) is 11.8 Å². The zero-order valence-electron chi connectivity index (χ0n) is 18.0. The van der Waals surface area contributed by atoms with Crippen molar-refractivity contribution >= 4 is 35.1 Å². The van der Waals surface area contributed by atoms with Crippen LogP contribution in [0.25, 0.3) is 0 Å². The third-order valence-corrected chi connectivity index (χ3v) is 5.95. The summed E-state index contributed by atoms with van der Waals surface area (Å²) in [4.78, 5) is 36.5. The number of benzene rings is 2. The Hall–Kier alpha value is -2.90. The molecule has 170 valence electrons. The average Bonchev–Trinajstić information content (AvgIpc) is 2.77. The minimum absolute atomic E-state index is 0.166. The summed E-state index contributed by atoms with van der Waals surface area (Å²) < 4.78 is 5.08. The molecule has 2 unspecified atom stereocenters. The molecule has 7 nitrogen and oxygen atoms in total. The van der Waals surface area contributed by atoms with Gasteiger partial charge in [0, 0.05) is 19.2 Å². The van der Waals surface area contributed by atoms with E-state index in [1.165, 1.54) is 13.0 Å². The second kappa shape index (κ2) is 11.1. The summed E-state index contributed by atoms with van der Waals surface area (Å²) in [7, 11) is 0. The fraction of sp³-hybridized carbons (Fsp3) is 0.375. The molecule has 1 aliphatic rings. The molecule has 4 N–H and O–H groups in total. The Morgan fingerprint density at radius 2 is 1.81 bits per heavy atom. The van der Waals surface area contributed by atoms with Crippen LogP contribution in [0.3, 0.4) is 0 Å². The number of rotatable bonds is 7. The van der Waals surface area contributed by atoms with Crippen LogP contribution in [0.4, 0.5) is 5.69 Å². The number of amides is 2. The highest BCUT2D eigenvalue weighted by Crippen LogP contribution is 2.28. The Morgan fingerprint density at radius 3 is 2.53 bits per heavy atom. The molecule has 1 aliphatic carbocycles. The SMILES string of the molecule is CC(=O)Oc1ccccc1C(=O)Nc1ccc(C(=O)NCC2CCCC(CN)C2)c(Cl)c1. The van der Waals surface area contributed by atoms with E-state index < -0.39 is 11.9 Å². The molecule has 0 saturated heterocycles. The Labute approximate surface area is 192 Å². The van der Waals surface area contributed by atoms with Gasteiger partial charge in [-0.05, 0) is 68.0 Å². The maximum atomic E-state index is 12.6. The third-order valence-electron chi connectivity index (χ3n) is 5.63. The molecule has 1 saturated carbocycles. The third kappa shape index (κ3) is 6.31. The summed E-state index contributed by atoms with van der Waals surface area (Å²) in [6, 6.07) is 11.1. The Balaban J connectivity index is 1.62. The number of nitrogens with one attached hydrogen (secondary N) is 2. The van der Waals surface area contributed by atoms with E-state index in [2.05, 4.69) is 10.6 Å². The fourth-order valence-corrected chi connectivity index (χ4v) is 4.27. The van der Waals surface area contributed by atoms with Crippen LogP contribution >= 0.6 is 11.6 Å². The maximum absolute atomic E-state index is 12.6. The van der Waals surface area contributed by atoms with E-state index in [1.807, 2.05) is 0 Å². The van der Waals surface area contributed by atoms with Crippen LogP contribution in [0, 0.1) is 11.8 Å². The highest BCUT2D eigenvalue weighted by atomic mass is 35.5. The van der Waals surface area contributed by atoms with Gasteiger partial charge in [-0.15, -0.1) is 0 Å². The summed E-state index contributed by atoms with van der Waals surface area (Å²) in [6.07, 6.45) is 4.41. The van der Waals surface area contributed by atoms with Crippen molar-refractivity contribution in [2.45, 2.75) is 32.6 Å². The fourth-order valence-electron chi connectivity index (χ4n) is 4.01. The van der Waals surface area contributed by atoms with Gasteiger partial charge in [-0.2, -0.15) is 0 Å². The van der Waals surface area contributed by atoms with Gasteiger partial charge in [-0.1, -0.05) is 30.2 Å². The highest BCUT2D eigenvalue weighted by Gasteiger charge is 2.22. The van der Waals surface area contributed by atoms with Crippen LogP contribution in [-0.4, -0.2) is 30.9 Å². The molecule has 0 spiro atoms. The van der Waals surface area contributed by atoms with Crippen molar-refractivity contribution in [2.75, 3.05) is 18.4 Å². The van der Waals surface area contributed by atoms with Crippen LogP contribution in [0.1, 0.15) is 53.3 Å². The zero-order valence-corrected chi connectivity index (χ0v) is 18.8. The standard InChI is InChI=1S/C24H28ClN3O4/c1-15(29)32-22-8-3-2-7-20(22)24(31)28-18-9-10-19(21(25)12-18)23(30)27-14-17-6-4-5-16(11-17)13-26/h2-3,7-10,12,16-17H,4-6,11,13-14,26H2,1H3,(H,27,30)(H,28,31). The number of ether oxygens (including phenoxy) is 1. The quantitative estimate of drug-likeness (QED) is 0.429. The van der Waals surface area contributed by atoms with Crippen molar-refractivity contribution in [3.05, 3.63) is 58.6 Å². The van der Waals surface area contributed by atoms with Crippen molar-refractivity contribution in [2.24, 2.45) is 17.6 Å². The first-order valence-electron chi connectivity index (χ1n) is 10.7. The molecule has 2 aromatic carbocycles. The second-order valence-electron chi connectivity index (χ2n) is 8.08. The van der Waals surface area contributed by atoms with Crippen LogP contribution in [-0.2, 0) is 4.79 Å². The molecule has 0 heterocycles. The van der Waals surface area contributed by atoms with Gasteiger partial charge in [-0.25, -0.2) is 0 Å². The normalized spacial score (nSPS) is 18.0. The van der Waals surface area contributed by atoms with Crippen molar-refractivity contribution < 1.29 is 19.1 Å². The van der Waals surface area contributed by atoms with E-state index in [4.69, 9.17) is 22.1 Å². The summed E-state index contributed by atoms with van der Waals surface area (Å²) in [5, 5.41) is 5.91. The minimum Gasteiger partial charge on any atom is -0.426 e. The first kappa shape index (κ1) is 23.8. The molecule has 0 radical (unpaired) electrons. The second-order valence-corrected chi connectivity index (χ2v) is 8.49. The van der Waals surface area contributed by atoms with E-state index in [1.54, 1.807) is 36.4 Å². The predicted octanol–water partition coefficient (Wildman–Crippen LogP) is 4.01. The van der Waals surface area contributed by atoms with E-state index >= 15 is 0 Å². The van der Waals surface area contributed by atoms with Gasteiger partial charge in [0.2, 0.25) is 0 Å². The Bertz CT molecular complexity index is 995. The number of anilines is 1. The Morgan fingerprint density at radius 1 is 1.06 bits per heavy atom. The first-order valence-corrected chi connectivity index (χ1v) is 11.1. The van der Waals surface area contributed by atoms with Gasteiger partial charge in [0.05, 0.1) is 16.1 Å². The lowest BCUT2D eigenvalue weighted by Gasteiger charge is -2.28. The van der Waals surface area contributed by atoms with E-state index in [0.717, 1.165) is 25.7 Å². The van der Waals surface area contributed by atoms with Crippen molar-refractivity contribution in [3.63, 3.8) is 0 Å². The average molecular weight is 458 g/mol. The van der Waals surface area contributed by atoms with Crippen LogP contribution in [0.2, 0.25) is 5.02 Å². The topological polar surface area (TPSA) is 111 Å².